The molecule has 0 saturated heterocycles. The SMILES string of the molecule is Cc1ccc(CCC(=O)NCC(=O)NC2CC2)cc1. The van der Waals surface area contributed by atoms with Crippen LogP contribution >= 0.6 is 0 Å². The number of carbonyl (C=O) groups excluding carboxylic acids is 2. The van der Waals surface area contributed by atoms with Crippen molar-refractivity contribution in [1.82, 2.24) is 10.6 Å². The fourth-order valence-corrected chi connectivity index (χ4v) is 1.79. The number of hydrogen-bond acceptors (Lipinski definition) is 2. The Morgan fingerprint density at radius 2 is 1.84 bits per heavy atom. The Bertz CT molecular complexity index is 450. The maximum absolute atomic E-state index is 11.6. The van der Waals surface area contributed by atoms with Crippen LogP contribution in [-0.2, 0) is 16.0 Å². The summed E-state index contributed by atoms with van der Waals surface area (Å²) in [5.74, 6) is -0.169. The third kappa shape index (κ3) is 5.12. The zero-order valence-electron chi connectivity index (χ0n) is 11.2. The molecule has 102 valence electrons. The zero-order chi connectivity index (χ0) is 13.7. The first kappa shape index (κ1) is 13.6. The molecule has 0 radical (unpaired) electrons. The van der Waals surface area contributed by atoms with Crippen molar-refractivity contribution < 1.29 is 9.59 Å². The third-order valence-electron chi connectivity index (χ3n) is 3.15. The normalized spacial score (nSPS) is 13.9. The first-order valence-electron chi connectivity index (χ1n) is 6.75. The van der Waals surface area contributed by atoms with Gasteiger partial charge in [0.2, 0.25) is 11.8 Å². The third-order valence-corrected chi connectivity index (χ3v) is 3.15. The quantitative estimate of drug-likeness (QED) is 0.810. The Balaban J connectivity index is 1.63. The standard InChI is InChI=1S/C15H20N2O2/c1-11-2-4-12(5-3-11)6-9-14(18)16-10-15(19)17-13-7-8-13/h2-5,13H,6-10H2,1H3,(H,16,18)(H,17,19). The number of benzene rings is 1. The number of hydrogen-bond donors (Lipinski definition) is 2. The van der Waals surface area contributed by atoms with Crippen LogP contribution in [0.5, 0.6) is 0 Å². The van der Waals surface area contributed by atoms with Crippen molar-refractivity contribution in [3.8, 4) is 0 Å². The van der Waals surface area contributed by atoms with E-state index in [2.05, 4.69) is 10.6 Å². The lowest BCUT2D eigenvalue weighted by Gasteiger charge is -2.06. The molecule has 2 N–H and O–H groups in total. The highest BCUT2D eigenvalue weighted by Crippen LogP contribution is 2.18. The number of carbonyl (C=O) groups is 2. The van der Waals surface area contributed by atoms with E-state index in [0.717, 1.165) is 18.4 Å². The van der Waals surface area contributed by atoms with Gasteiger partial charge in [-0.3, -0.25) is 9.59 Å². The fraction of sp³-hybridized carbons (Fsp3) is 0.467. The molecule has 19 heavy (non-hydrogen) atoms. The molecule has 1 fully saturated rings. The lowest BCUT2D eigenvalue weighted by atomic mass is 10.1. The van der Waals surface area contributed by atoms with E-state index in [9.17, 15) is 9.59 Å². The smallest absolute Gasteiger partial charge is 0.239 e. The molecule has 0 aliphatic heterocycles. The van der Waals surface area contributed by atoms with Gasteiger partial charge in [0, 0.05) is 12.5 Å². The van der Waals surface area contributed by atoms with Crippen LogP contribution in [0.1, 0.15) is 30.4 Å². The molecule has 0 atom stereocenters. The summed E-state index contributed by atoms with van der Waals surface area (Å²) in [6.07, 6.45) is 3.25. The van der Waals surface area contributed by atoms with Crippen LogP contribution in [-0.4, -0.2) is 24.4 Å². The summed E-state index contributed by atoms with van der Waals surface area (Å²) in [7, 11) is 0. The summed E-state index contributed by atoms with van der Waals surface area (Å²) in [6, 6.07) is 8.48. The summed E-state index contributed by atoms with van der Waals surface area (Å²) in [5, 5.41) is 5.48. The van der Waals surface area contributed by atoms with Gasteiger partial charge in [-0.05, 0) is 31.7 Å². The van der Waals surface area contributed by atoms with Crippen molar-refractivity contribution in [3.05, 3.63) is 35.4 Å². The van der Waals surface area contributed by atoms with E-state index in [4.69, 9.17) is 0 Å². The van der Waals surface area contributed by atoms with Gasteiger partial charge in [0.25, 0.3) is 0 Å². The van der Waals surface area contributed by atoms with E-state index in [1.807, 2.05) is 31.2 Å². The minimum atomic E-state index is -0.0915. The largest absolute Gasteiger partial charge is 0.352 e. The van der Waals surface area contributed by atoms with Gasteiger partial charge < -0.3 is 10.6 Å². The maximum atomic E-state index is 11.6. The Morgan fingerprint density at radius 3 is 2.47 bits per heavy atom. The molecule has 1 aromatic rings. The van der Waals surface area contributed by atoms with Crippen molar-refractivity contribution >= 4 is 11.8 Å². The number of nitrogens with one attached hydrogen (secondary N) is 2. The minimum absolute atomic E-state index is 0.0773. The number of rotatable bonds is 6. The molecule has 4 nitrogen and oxygen atoms in total. The predicted molar refractivity (Wildman–Crippen MR) is 73.7 cm³/mol. The van der Waals surface area contributed by atoms with Gasteiger partial charge in [-0.1, -0.05) is 29.8 Å². The van der Waals surface area contributed by atoms with Gasteiger partial charge in [0.15, 0.2) is 0 Å². The highest BCUT2D eigenvalue weighted by Gasteiger charge is 2.23. The molecular formula is C15H20N2O2. The lowest BCUT2D eigenvalue weighted by molar-refractivity contribution is -0.126. The van der Waals surface area contributed by atoms with Crippen LogP contribution in [0.3, 0.4) is 0 Å². The molecule has 1 aliphatic carbocycles. The van der Waals surface area contributed by atoms with E-state index < -0.39 is 0 Å². The average Bonchev–Trinajstić information content (AvgIpc) is 3.19. The van der Waals surface area contributed by atoms with Crippen molar-refractivity contribution in [3.63, 3.8) is 0 Å². The van der Waals surface area contributed by atoms with Crippen molar-refractivity contribution in [2.75, 3.05) is 6.54 Å². The summed E-state index contributed by atoms with van der Waals surface area (Å²) >= 11 is 0. The van der Waals surface area contributed by atoms with E-state index in [0.29, 0.717) is 18.9 Å². The minimum Gasteiger partial charge on any atom is -0.352 e. The molecular weight excluding hydrogens is 240 g/mol. The van der Waals surface area contributed by atoms with Crippen LogP contribution in [0, 0.1) is 6.92 Å². The second kappa shape index (κ2) is 6.36. The van der Waals surface area contributed by atoms with Gasteiger partial charge >= 0.3 is 0 Å². The zero-order valence-corrected chi connectivity index (χ0v) is 11.2. The van der Waals surface area contributed by atoms with Crippen LogP contribution < -0.4 is 10.6 Å². The highest BCUT2D eigenvalue weighted by atomic mass is 16.2. The monoisotopic (exact) mass is 260 g/mol. The molecule has 2 rings (SSSR count). The Hall–Kier alpha value is -1.84. The molecule has 2 amide bonds. The average molecular weight is 260 g/mol. The first-order chi connectivity index (χ1) is 9.13. The second-order valence-corrected chi connectivity index (χ2v) is 5.10. The van der Waals surface area contributed by atoms with E-state index in [1.54, 1.807) is 0 Å². The lowest BCUT2D eigenvalue weighted by Crippen LogP contribution is -2.37. The van der Waals surface area contributed by atoms with Crippen molar-refractivity contribution in [2.24, 2.45) is 0 Å². The van der Waals surface area contributed by atoms with E-state index in [1.165, 1.54) is 5.56 Å². The molecule has 0 unspecified atom stereocenters. The van der Waals surface area contributed by atoms with Gasteiger partial charge in [0.1, 0.15) is 0 Å². The molecule has 4 heteroatoms. The van der Waals surface area contributed by atoms with Crippen molar-refractivity contribution in [1.29, 1.82) is 0 Å². The van der Waals surface area contributed by atoms with Gasteiger partial charge in [-0.25, -0.2) is 0 Å². The molecule has 1 aliphatic rings. The molecule has 0 spiro atoms. The summed E-state index contributed by atoms with van der Waals surface area (Å²) in [6.45, 7) is 2.12. The van der Waals surface area contributed by atoms with E-state index in [-0.39, 0.29) is 18.4 Å². The molecule has 1 saturated carbocycles. The first-order valence-corrected chi connectivity index (χ1v) is 6.75. The Kier molecular flexibility index (Phi) is 4.55. The Morgan fingerprint density at radius 1 is 1.16 bits per heavy atom. The fourth-order valence-electron chi connectivity index (χ4n) is 1.79. The van der Waals surface area contributed by atoms with Crippen LogP contribution in [0.4, 0.5) is 0 Å². The summed E-state index contributed by atoms with van der Waals surface area (Å²) in [5.41, 5.74) is 2.35. The maximum Gasteiger partial charge on any atom is 0.239 e. The van der Waals surface area contributed by atoms with Crippen LogP contribution in [0.2, 0.25) is 0 Å². The van der Waals surface area contributed by atoms with Crippen LogP contribution in [0.25, 0.3) is 0 Å². The molecule has 0 heterocycles. The predicted octanol–water partition coefficient (Wildman–Crippen LogP) is 1.32. The van der Waals surface area contributed by atoms with Crippen LogP contribution in [0.15, 0.2) is 24.3 Å². The van der Waals surface area contributed by atoms with Gasteiger partial charge in [0.05, 0.1) is 6.54 Å². The molecule has 0 aromatic heterocycles. The number of amides is 2. The highest BCUT2D eigenvalue weighted by molar-refractivity contribution is 5.85. The number of aryl methyl sites for hydroxylation is 2. The topological polar surface area (TPSA) is 58.2 Å². The second-order valence-electron chi connectivity index (χ2n) is 5.10. The molecule has 0 bridgehead atoms. The van der Waals surface area contributed by atoms with E-state index >= 15 is 0 Å². The molecule has 1 aromatic carbocycles. The summed E-state index contributed by atoms with van der Waals surface area (Å²) < 4.78 is 0. The Labute approximate surface area is 113 Å². The van der Waals surface area contributed by atoms with Gasteiger partial charge in [-0.15, -0.1) is 0 Å². The van der Waals surface area contributed by atoms with Gasteiger partial charge in [-0.2, -0.15) is 0 Å². The summed E-state index contributed by atoms with van der Waals surface area (Å²) in [4.78, 5) is 23.0. The van der Waals surface area contributed by atoms with Crippen molar-refractivity contribution in [2.45, 2.75) is 38.6 Å².